The molecule has 2 saturated heterocycles. The SMILES string of the molecule is CCCCOc1ccc([C@@H]2[C@@H]3C(=O)N(Cc4ccccc4)C(=O)[C@@H]3ON2c2ccccc2)cc1OC. The van der Waals surface area contributed by atoms with Crippen LogP contribution in [0.2, 0.25) is 0 Å². The van der Waals surface area contributed by atoms with Crippen LogP contribution < -0.4 is 14.5 Å². The first-order valence-corrected chi connectivity index (χ1v) is 12.3. The highest BCUT2D eigenvalue weighted by atomic mass is 16.7. The molecule has 0 aromatic heterocycles. The topological polar surface area (TPSA) is 68.3 Å². The second-order valence-corrected chi connectivity index (χ2v) is 9.02. The molecule has 3 aromatic carbocycles. The number of anilines is 1. The molecule has 0 aliphatic carbocycles. The van der Waals surface area contributed by atoms with Crippen LogP contribution in [0.25, 0.3) is 0 Å². The van der Waals surface area contributed by atoms with Crippen molar-refractivity contribution in [3.05, 3.63) is 90.0 Å². The molecular weight excluding hydrogens is 456 g/mol. The van der Waals surface area contributed by atoms with Gasteiger partial charge in [-0.05, 0) is 41.8 Å². The fourth-order valence-corrected chi connectivity index (χ4v) is 4.85. The van der Waals surface area contributed by atoms with E-state index < -0.39 is 18.1 Å². The molecule has 3 atom stereocenters. The highest BCUT2D eigenvalue weighted by molar-refractivity contribution is 6.07. The molecule has 0 saturated carbocycles. The summed E-state index contributed by atoms with van der Waals surface area (Å²) >= 11 is 0. The van der Waals surface area contributed by atoms with Crippen molar-refractivity contribution < 1.29 is 23.9 Å². The van der Waals surface area contributed by atoms with Gasteiger partial charge in [-0.15, -0.1) is 0 Å². The van der Waals surface area contributed by atoms with Gasteiger partial charge >= 0.3 is 0 Å². The van der Waals surface area contributed by atoms with Crippen molar-refractivity contribution in [3.8, 4) is 11.5 Å². The van der Waals surface area contributed by atoms with Crippen LogP contribution in [0.4, 0.5) is 5.69 Å². The number of imide groups is 1. The Morgan fingerprint density at radius 2 is 1.61 bits per heavy atom. The number of methoxy groups -OCH3 is 1. The van der Waals surface area contributed by atoms with Gasteiger partial charge in [-0.2, -0.15) is 0 Å². The number of amides is 2. The number of likely N-dealkylation sites (tertiary alicyclic amines) is 1. The fourth-order valence-electron chi connectivity index (χ4n) is 4.85. The molecule has 0 radical (unpaired) electrons. The van der Waals surface area contributed by atoms with Crippen molar-refractivity contribution in [1.29, 1.82) is 0 Å². The molecule has 3 aromatic rings. The molecule has 0 unspecified atom stereocenters. The number of para-hydroxylation sites is 1. The molecule has 186 valence electrons. The molecule has 2 aliphatic heterocycles. The number of hydrogen-bond acceptors (Lipinski definition) is 6. The van der Waals surface area contributed by atoms with Crippen molar-refractivity contribution in [1.82, 2.24) is 4.90 Å². The van der Waals surface area contributed by atoms with Gasteiger partial charge in [-0.1, -0.05) is 67.9 Å². The van der Waals surface area contributed by atoms with Gasteiger partial charge in [-0.25, -0.2) is 5.06 Å². The van der Waals surface area contributed by atoms with E-state index in [9.17, 15) is 9.59 Å². The third-order valence-corrected chi connectivity index (χ3v) is 6.69. The molecule has 7 heteroatoms. The van der Waals surface area contributed by atoms with E-state index in [1.807, 2.05) is 78.9 Å². The fraction of sp³-hybridized carbons (Fsp3) is 0.310. The number of ether oxygens (including phenoxy) is 2. The van der Waals surface area contributed by atoms with Crippen LogP contribution in [0.5, 0.6) is 11.5 Å². The van der Waals surface area contributed by atoms with Gasteiger partial charge in [0.15, 0.2) is 17.6 Å². The second-order valence-electron chi connectivity index (χ2n) is 9.02. The van der Waals surface area contributed by atoms with E-state index in [0.717, 1.165) is 29.7 Å². The van der Waals surface area contributed by atoms with Crippen LogP contribution in [0.1, 0.15) is 36.9 Å². The monoisotopic (exact) mass is 486 g/mol. The molecule has 5 rings (SSSR count). The lowest BCUT2D eigenvalue weighted by atomic mass is 9.90. The third-order valence-electron chi connectivity index (χ3n) is 6.69. The zero-order valence-corrected chi connectivity index (χ0v) is 20.5. The van der Waals surface area contributed by atoms with E-state index >= 15 is 0 Å². The van der Waals surface area contributed by atoms with Crippen molar-refractivity contribution in [2.45, 2.75) is 38.5 Å². The van der Waals surface area contributed by atoms with E-state index in [2.05, 4.69) is 6.92 Å². The minimum Gasteiger partial charge on any atom is -0.493 e. The summed E-state index contributed by atoms with van der Waals surface area (Å²) in [4.78, 5) is 34.6. The number of carbonyl (C=O) groups excluding carboxylic acids is 2. The second kappa shape index (κ2) is 10.4. The van der Waals surface area contributed by atoms with Gasteiger partial charge in [0.25, 0.3) is 5.91 Å². The van der Waals surface area contributed by atoms with Crippen LogP contribution in [-0.4, -0.2) is 36.5 Å². The number of hydrogen-bond donors (Lipinski definition) is 0. The Labute approximate surface area is 211 Å². The Balaban J connectivity index is 1.50. The molecule has 36 heavy (non-hydrogen) atoms. The Kier molecular flexibility index (Phi) is 6.91. The van der Waals surface area contributed by atoms with E-state index in [1.165, 1.54) is 4.90 Å². The normalized spacial score (nSPS) is 21.1. The summed E-state index contributed by atoms with van der Waals surface area (Å²) in [5.41, 5.74) is 2.48. The number of carbonyl (C=O) groups is 2. The molecule has 2 heterocycles. The van der Waals surface area contributed by atoms with Gasteiger partial charge in [-0.3, -0.25) is 19.3 Å². The van der Waals surface area contributed by atoms with Gasteiger partial charge in [0.05, 0.1) is 32.0 Å². The van der Waals surface area contributed by atoms with Gasteiger partial charge in [0.2, 0.25) is 5.91 Å². The number of rotatable bonds is 9. The van der Waals surface area contributed by atoms with E-state index in [-0.39, 0.29) is 18.4 Å². The van der Waals surface area contributed by atoms with Gasteiger partial charge in [0.1, 0.15) is 5.92 Å². The highest BCUT2D eigenvalue weighted by Gasteiger charge is 2.59. The maximum atomic E-state index is 13.7. The predicted octanol–water partition coefficient (Wildman–Crippen LogP) is 4.92. The maximum Gasteiger partial charge on any atom is 0.262 e. The smallest absolute Gasteiger partial charge is 0.262 e. The quantitative estimate of drug-likeness (QED) is 0.316. The summed E-state index contributed by atoms with van der Waals surface area (Å²) in [6.07, 6.45) is 1.09. The number of fused-ring (bicyclic) bond motifs is 1. The Morgan fingerprint density at radius 3 is 2.31 bits per heavy atom. The molecular formula is C29H30N2O5. The first-order valence-electron chi connectivity index (χ1n) is 12.3. The highest BCUT2D eigenvalue weighted by Crippen LogP contribution is 2.48. The number of hydroxylamine groups is 1. The molecule has 0 N–H and O–H groups in total. The standard InChI is InChI=1S/C29H30N2O5/c1-3-4-17-35-23-16-15-21(18-24(23)34-2)26-25-27(36-31(26)22-13-9-6-10-14-22)29(33)30(28(25)32)19-20-11-7-5-8-12-20/h5-16,18,25-27H,3-4,17,19H2,1-2H3/t25-,26+,27+/m0/s1. The average Bonchev–Trinajstić information content (AvgIpc) is 3.42. The summed E-state index contributed by atoms with van der Waals surface area (Å²) in [5.74, 6) is -0.00444. The lowest BCUT2D eigenvalue weighted by molar-refractivity contribution is -0.143. The van der Waals surface area contributed by atoms with Crippen molar-refractivity contribution >= 4 is 17.5 Å². The van der Waals surface area contributed by atoms with E-state index in [1.54, 1.807) is 12.2 Å². The van der Waals surface area contributed by atoms with Gasteiger partial charge in [0, 0.05) is 0 Å². The lowest BCUT2D eigenvalue weighted by Crippen LogP contribution is -2.36. The Bertz CT molecular complexity index is 1220. The van der Waals surface area contributed by atoms with Crippen LogP contribution in [-0.2, 0) is 21.0 Å². The molecule has 7 nitrogen and oxygen atoms in total. The summed E-state index contributed by atoms with van der Waals surface area (Å²) in [5, 5.41) is 1.69. The zero-order chi connectivity index (χ0) is 25.1. The summed E-state index contributed by atoms with van der Waals surface area (Å²) in [6, 6.07) is 24.2. The van der Waals surface area contributed by atoms with E-state index in [4.69, 9.17) is 14.3 Å². The Hall–Kier alpha value is -3.84. The molecule has 2 fully saturated rings. The maximum absolute atomic E-state index is 13.7. The minimum atomic E-state index is -0.891. The van der Waals surface area contributed by atoms with Crippen molar-refractivity contribution in [2.75, 3.05) is 18.8 Å². The first-order chi connectivity index (χ1) is 17.6. The summed E-state index contributed by atoms with van der Waals surface area (Å²) in [7, 11) is 1.60. The predicted molar refractivity (Wildman–Crippen MR) is 135 cm³/mol. The first kappa shape index (κ1) is 23.9. The number of benzene rings is 3. The molecule has 0 spiro atoms. The van der Waals surface area contributed by atoms with Crippen LogP contribution >= 0.6 is 0 Å². The van der Waals surface area contributed by atoms with Crippen molar-refractivity contribution in [2.24, 2.45) is 5.92 Å². The molecule has 2 amide bonds. The molecule has 2 aliphatic rings. The van der Waals surface area contributed by atoms with Gasteiger partial charge < -0.3 is 9.47 Å². The van der Waals surface area contributed by atoms with Crippen molar-refractivity contribution in [3.63, 3.8) is 0 Å². The number of nitrogens with zero attached hydrogens (tertiary/aromatic N) is 2. The molecule has 0 bridgehead atoms. The minimum absolute atomic E-state index is 0.223. The van der Waals surface area contributed by atoms with Crippen LogP contribution in [0, 0.1) is 5.92 Å². The lowest BCUT2D eigenvalue weighted by Gasteiger charge is -2.29. The summed E-state index contributed by atoms with van der Waals surface area (Å²) in [6.45, 7) is 2.93. The van der Waals surface area contributed by atoms with Crippen LogP contribution in [0.15, 0.2) is 78.9 Å². The Morgan fingerprint density at radius 1 is 0.889 bits per heavy atom. The zero-order valence-electron chi connectivity index (χ0n) is 20.5. The van der Waals surface area contributed by atoms with E-state index in [0.29, 0.717) is 18.1 Å². The third kappa shape index (κ3) is 4.42. The number of unbranched alkanes of at least 4 members (excludes halogenated alkanes) is 1. The largest absolute Gasteiger partial charge is 0.493 e. The summed E-state index contributed by atoms with van der Waals surface area (Å²) < 4.78 is 11.5. The van der Waals surface area contributed by atoms with Crippen LogP contribution in [0.3, 0.4) is 0 Å². The average molecular weight is 487 g/mol.